The number of benzene rings is 1. The average Bonchev–Trinajstić information content (AvgIpc) is 2.25. The van der Waals surface area contributed by atoms with Gasteiger partial charge in [-0.1, -0.05) is 12.1 Å². The van der Waals surface area contributed by atoms with Crippen LogP contribution in [0, 0.1) is 0 Å². The number of hydrogen-bond donors (Lipinski definition) is 2. The number of hydrogen-bond acceptors (Lipinski definition) is 4. The van der Waals surface area contributed by atoms with Crippen LogP contribution in [0.4, 0.5) is 10.5 Å². The molecule has 1 aromatic carbocycles. The van der Waals surface area contributed by atoms with Gasteiger partial charge in [-0.25, -0.2) is 4.79 Å². The molecule has 0 saturated carbocycles. The molecule has 0 heterocycles. The quantitative estimate of drug-likeness (QED) is 0.604. The van der Waals surface area contributed by atoms with Gasteiger partial charge in [-0.3, -0.25) is 4.84 Å². The fraction of sp³-hybridized carbons (Fsp3) is 0.364. The van der Waals surface area contributed by atoms with Crippen LogP contribution in [-0.4, -0.2) is 12.2 Å². The van der Waals surface area contributed by atoms with Crippen LogP contribution < -0.4 is 11.2 Å². The molecule has 88 valence electrons. The van der Waals surface area contributed by atoms with Gasteiger partial charge in [0.05, 0.1) is 6.10 Å². The first-order valence-corrected chi connectivity index (χ1v) is 5.01. The normalized spacial score (nSPS) is 10.2. The van der Waals surface area contributed by atoms with E-state index in [9.17, 15) is 4.79 Å². The molecule has 3 N–H and O–H groups in total. The molecule has 0 fully saturated rings. The number of nitrogens with two attached hydrogens (primary N) is 1. The number of ether oxygens (including phenoxy) is 1. The minimum Gasteiger partial charge on any atom is -0.443 e. The van der Waals surface area contributed by atoms with Gasteiger partial charge in [0.15, 0.2) is 0 Å². The number of amides is 1. The molecular weight excluding hydrogens is 208 g/mol. The Bertz CT molecular complexity index is 336. The summed E-state index contributed by atoms with van der Waals surface area (Å²) in [6.45, 7) is 3.80. The lowest BCUT2D eigenvalue weighted by molar-refractivity contribution is -0.00862. The molecule has 16 heavy (non-hydrogen) atoms. The predicted octanol–water partition coefficient (Wildman–Crippen LogP) is 1.84. The van der Waals surface area contributed by atoms with Crippen LogP contribution >= 0.6 is 0 Å². The first-order chi connectivity index (χ1) is 7.58. The molecule has 0 spiro atoms. The summed E-state index contributed by atoms with van der Waals surface area (Å²) in [5.74, 6) is 0. The van der Waals surface area contributed by atoms with E-state index in [1.807, 2.05) is 0 Å². The van der Waals surface area contributed by atoms with E-state index in [1.54, 1.807) is 38.1 Å². The van der Waals surface area contributed by atoms with E-state index in [2.05, 4.69) is 5.48 Å². The Hall–Kier alpha value is -1.75. The summed E-state index contributed by atoms with van der Waals surface area (Å²) in [6, 6.07) is 7.10. The van der Waals surface area contributed by atoms with Gasteiger partial charge in [0.1, 0.15) is 6.61 Å². The summed E-state index contributed by atoms with van der Waals surface area (Å²) in [7, 11) is 0. The largest absolute Gasteiger partial charge is 0.443 e. The maximum Gasteiger partial charge on any atom is 0.431 e. The lowest BCUT2D eigenvalue weighted by Gasteiger charge is -2.09. The molecule has 0 aromatic heterocycles. The summed E-state index contributed by atoms with van der Waals surface area (Å²) in [5, 5.41) is 0. The zero-order chi connectivity index (χ0) is 12.0. The number of nitrogens with one attached hydrogen (secondary N) is 1. The second-order valence-corrected chi connectivity index (χ2v) is 3.59. The topological polar surface area (TPSA) is 73.6 Å². The smallest absolute Gasteiger partial charge is 0.431 e. The van der Waals surface area contributed by atoms with Gasteiger partial charge in [-0.15, -0.1) is 0 Å². The van der Waals surface area contributed by atoms with Crippen LogP contribution in [0.15, 0.2) is 24.3 Å². The maximum atomic E-state index is 11.1. The molecule has 0 saturated heterocycles. The molecule has 1 amide bonds. The zero-order valence-electron chi connectivity index (χ0n) is 9.40. The molecule has 0 atom stereocenters. The predicted molar refractivity (Wildman–Crippen MR) is 60.4 cm³/mol. The van der Waals surface area contributed by atoms with Crippen molar-refractivity contribution >= 4 is 11.8 Å². The van der Waals surface area contributed by atoms with Crippen molar-refractivity contribution in [2.24, 2.45) is 0 Å². The molecule has 0 radical (unpaired) electrons. The molecular formula is C11H16N2O3. The highest BCUT2D eigenvalue weighted by molar-refractivity contribution is 5.65. The fourth-order valence-corrected chi connectivity index (χ4v) is 0.958. The Morgan fingerprint density at radius 2 is 2.00 bits per heavy atom. The van der Waals surface area contributed by atoms with Gasteiger partial charge in [0.2, 0.25) is 0 Å². The van der Waals surface area contributed by atoms with Crippen molar-refractivity contribution in [1.29, 1.82) is 0 Å². The summed E-state index contributed by atoms with van der Waals surface area (Å²) in [4.78, 5) is 16.0. The molecule has 0 bridgehead atoms. The van der Waals surface area contributed by atoms with Gasteiger partial charge in [-0.2, -0.15) is 5.48 Å². The number of anilines is 1. The van der Waals surface area contributed by atoms with E-state index in [4.69, 9.17) is 15.3 Å². The average molecular weight is 224 g/mol. The molecule has 0 aliphatic heterocycles. The van der Waals surface area contributed by atoms with E-state index in [-0.39, 0.29) is 12.7 Å². The van der Waals surface area contributed by atoms with Crippen LogP contribution in [0.3, 0.4) is 0 Å². The minimum absolute atomic E-state index is 0.0796. The monoisotopic (exact) mass is 224 g/mol. The maximum absolute atomic E-state index is 11.1. The molecule has 1 rings (SSSR count). The van der Waals surface area contributed by atoms with Crippen molar-refractivity contribution in [3.63, 3.8) is 0 Å². The fourth-order valence-electron chi connectivity index (χ4n) is 0.958. The Balaban J connectivity index is 2.29. The van der Waals surface area contributed by atoms with Gasteiger partial charge >= 0.3 is 6.09 Å². The van der Waals surface area contributed by atoms with Crippen molar-refractivity contribution in [3.8, 4) is 0 Å². The minimum atomic E-state index is -0.606. The van der Waals surface area contributed by atoms with E-state index in [1.165, 1.54) is 0 Å². The van der Waals surface area contributed by atoms with Crippen LogP contribution in [0.2, 0.25) is 0 Å². The number of rotatable bonds is 4. The first kappa shape index (κ1) is 12.3. The van der Waals surface area contributed by atoms with Crippen molar-refractivity contribution in [2.75, 3.05) is 5.73 Å². The highest BCUT2D eigenvalue weighted by atomic mass is 16.7. The molecule has 0 unspecified atom stereocenters. The third-order valence-corrected chi connectivity index (χ3v) is 1.73. The van der Waals surface area contributed by atoms with Crippen LogP contribution in [-0.2, 0) is 16.2 Å². The van der Waals surface area contributed by atoms with Crippen molar-refractivity contribution in [2.45, 2.75) is 26.6 Å². The second-order valence-electron chi connectivity index (χ2n) is 3.59. The van der Waals surface area contributed by atoms with Gasteiger partial charge in [0.25, 0.3) is 0 Å². The SMILES string of the molecule is CC(C)ONC(=O)OCc1ccc(N)cc1. The third-order valence-electron chi connectivity index (χ3n) is 1.73. The lowest BCUT2D eigenvalue weighted by Crippen LogP contribution is -2.27. The standard InChI is InChI=1S/C11H16N2O3/c1-8(2)16-13-11(14)15-7-9-3-5-10(12)6-4-9/h3-6,8H,7,12H2,1-2H3,(H,13,14). The van der Waals surface area contributed by atoms with E-state index in [0.29, 0.717) is 5.69 Å². The van der Waals surface area contributed by atoms with Crippen molar-refractivity contribution in [1.82, 2.24) is 5.48 Å². The van der Waals surface area contributed by atoms with Crippen LogP contribution in [0.25, 0.3) is 0 Å². The molecule has 5 nitrogen and oxygen atoms in total. The molecule has 1 aromatic rings. The third kappa shape index (κ3) is 4.65. The Labute approximate surface area is 94.5 Å². The van der Waals surface area contributed by atoms with Gasteiger partial charge in [0, 0.05) is 5.69 Å². The number of carbonyl (C=O) groups is 1. The van der Waals surface area contributed by atoms with Crippen molar-refractivity contribution < 1.29 is 14.4 Å². The number of hydroxylamine groups is 1. The second kappa shape index (κ2) is 5.97. The van der Waals surface area contributed by atoms with Gasteiger partial charge in [-0.05, 0) is 31.5 Å². The Morgan fingerprint density at radius 3 is 2.56 bits per heavy atom. The first-order valence-electron chi connectivity index (χ1n) is 5.01. The highest BCUT2D eigenvalue weighted by Gasteiger charge is 2.03. The zero-order valence-corrected chi connectivity index (χ0v) is 9.40. The van der Waals surface area contributed by atoms with Crippen LogP contribution in [0.1, 0.15) is 19.4 Å². The van der Waals surface area contributed by atoms with E-state index in [0.717, 1.165) is 5.56 Å². The van der Waals surface area contributed by atoms with Gasteiger partial charge < -0.3 is 10.5 Å². The van der Waals surface area contributed by atoms with E-state index < -0.39 is 6.09 Å². The Morgan fingerprint density at radius 1 is 1.38 bits per heavy atom. The highest BCUT2D eigenvalue weighted by Crippen LogP contribution is 2.06. The summed E-state index contributed by atoms with van der Waals surface area (Å²) >= 11 is 0. The molecule has 0 aliphatic rings. The van der Waals surface area contributed by atoms with Crippen LogP contribution in [0.5, 0.6) is 0 Å². The summed E-state index contributed by atoms with van der Waals surface area (Å²) in [6.07, 6.45) is -0.686. The van der Waals surface area contributed by atoms with E-state index >= 15 is 0 Å². The number of carbonyl (C=O) groups excluding carboxylic acids is 1. The summed E-state index contributed by atoms with van der Waals surface area (Å²) < 4.78 is 4.90. The summed E-state index contributed by atoms with van der Waals surface area (Å²) in [5.41, 5.74) is 9.25. The lowest BCUT2D eigenvalue weighted by atomic mass is 10.2. The molecule has 0 aliphatic carbocycles. The van der Waals surface area contributed by atoms with Crippen molar-refractivity contribution in [3.05, 3.63) is 29.8 Å². The molecule has 5 heteroatoms. The number of nitrogen functional groups attached to an aromatic ring is 1. The Kier molecular flexibility index (Phi) is 4.60.